The normalized spacial score (nSPS) is 15.9. The number of nitrogens with zero attached hydrogens (tertiary/aromatic N) is 1. The van der Waals surface area contributed by atoms with Gasteiger partial charge in [0.05, 0.1) is 23.3 Å². The molecule has 1 unspecified atom stereocenters. The average Bonchev–Trinajstić information content (AvgIpc) is 3.25. The van der Waals surface area contributed by atoms with E-state index in [1.807, 2.05) is 68.4 Å². The molecule has 1 fully saturated rings. The minimum atomic E-state index is -0.810. The van der Waals surface area contributed by atoms with E-state index in [2.05, 4.69) is 0 Å². The van der Waals surface area contributed by atoms with E-state index >= 15 is 0 Å². The molecule has 7 nitrogen and oxygen atoms in total. The lowest BCUT2D eigenvalue weighted by Crippen LogP contribution is -2.29. The maximum atomic E-state index is 13.6. The Morgan fingerprint density at radius 3 is 2.20 bits per heavy atom. The van der Waals surface area contributed by atoms with Gasteiger partial charge in [0.25, 0.3) is 11.7 Å². The van der Waals surface area contributed by atoms with Crippen LogP contribution in [-0.2, 0) is 27.5 Å². The Morgan fingerprint density at radius 2 is 1.55 bits per heavy atom. The summed E-state index contributed by atoms with van der Waals surface area (Å²) in [4.78, 5) is 40.8. The quantitative estimate of drug-likeness (QED) is 0.0972. The number of aryl methyl sites for hydroxylation is 2. The Kier molecular flexibility index (Phi) is 8.95. The Hall–Kier alpha value is -5.17. The number of Topliss-reactive ketones (excluding diaryl/α,β-unsaturated/α-hetero) is 1. The van der Waals surface area contributed by atoms with E-state index in [9.17, 15) is 19.5 Å². The van der Waals surface area contributed by atoms with E-state index in [1.165, 1.54) is 4.90 Å². The van der Waals surface area contributed by atoms with Crippen LogP contribution < -0.4 is 4.74 Å². The summed E-state index contributed by atoms with van der Waals surface area (Å²) in [6.45, 7) is 7.86. The van der Waals surface area contributed by atoms with Gasteiger partial charge in [-0.05, 0) is 80.3 Å². The summed E-state index contributed by atoms with van der Waals surface area (Å²) in [6, 6.07) is 28.5. The van der Waals surface area contributed by atoms with Gasteiger partial charge in [0, 0.05) is 12.1 Å². The number of carbonyl (C=O) groups excluding carboxylic acids is 3. The number of benzene rings is 4. The number of rotatable bonds is 9. The third-order valence-corrected chi connectivity index (χ3v) is 7.47. The smallest absolute Gasteiger partial charge is 0.338 e. The highest BCUT2D eigenvalue weighted by Gasteiger charge is 2.46. The van der Waals surface area contributed by atoms with Gasteiger partial charge < -0.3 is 19.5 Å². The highest BCUT2D eigenvalue weighted by molar-refractivity contribution is 6.46. The van der Waals surface area contributed by atoms with Gasteiger partial charge in [0.1, 0.15) is 18.1 Å². The third-order valence-electron chi connectivity index (χ3n) is 7.47. The molecule has 0 radical (unpaired) electrons. The Balaban J connectivity index is 1.47. The minimum absolute atomic E-state index is 0.0232. The molecule has 0 aromatic heterocycles. The maximum Gasteiger partial charge on any atom is 0.338 e. The molecule has 1 heterocycles. The van der Waals surface area contributed by atoms with Gasteiger partial charge in [-0.3, -0.25) is 9.59 Å². The summed E-state index contributed by atoms with van der Waals surface area (Å²) in [7, 11) is 0. The van der Waals surface area contributed by atoms with Crippen molar-refractivity contribution >= 4 is 23.4 Å². The number of amides is 1. The molecule has 44 heavy (non-hydrogen) atoms. The highest BCUT2D eigenvalue weighted by atomic mass is 16.5. The van der Waals surface area contributed by atoms with Crippen molar-refractivity contribution in [1.82, 2.24) is 4.90 Å². The number of hydrogen-bond donors (Lipinski definition) is 1. The largest absolute Gasteiger partial charge is 0.507 e. The molecule has 7 heteroatoms. The summed E-state index contributed by atoms with van der Waals surface area (Å²) < 4.78 is 11.3. The first kappa shape index (κ1) is 30.3. The zero-order chi connectivity index (χ0) is 31.4. The molecule has 5 rings (SSSR count). The van der Waals surface area contributed by atoms with Crippen molar-refractivity contribution in [2.24, 2.45) is 0 Å². The van der Waals surface area contributed by atoms with Gasteiger partial charge in [0.15, 0.2) is 0 Å². The van der Waals surface area contributed by atoms with E-state index in [-0.39, 0.29) is 24.0 Å². The fourth-order valence-corrected chi connectivity index (χ4v) is 5.30. The number of aliphatic hydroxyl groups is 1. The average molecular weight is 590 g/mol. The van der Waals surface area contributed by atoms with Crippen LogP contribution in [0.3, 0.4) is 0 Å². The van der Waals surface area contributed by atoms with Crippen LogP contribution >= 0.6 is 0 Å². The van der Waals surface area contributed by atoms with Gasteiger partial charge in [0.2, 0.25) is 0 Å². The second kappa shape index (κ2) is 13.0. The van der Waals surface area contributed by atoms with Gasteiger partial charge in [-0.2, -0.15) is 0 Å². The zero-order valence-corrected chi connectivity index (χ0v) is 25.2. The molecule has 0 spiro atoms. The van der Waals surface area contributed by atoms with Gasteiger partial charge in [-0.1, -0.05) is 72.3 Å². The number of aliphatic hydroxyl groups excluding tert-OH is 1. The molecule has 1 amide bonds. The molecule has 1 saturated heterocycles. The van der Waals surface area contributed by atoms with Crippen LogP contribution in [0.5, 0.6) is 5.75 Å². The molecule has 1 atom stereocenters. The Labute approximate surface area is 257 Å². The molecule has 224 valence electrons. The first-order valence-electron chi connectivity index (χ1n) is 14.5. The van der Waals surface area contributed by atoms with Gasteiger partial charge >= 0.3 is 5.97 Å². The first-order valence-corrected chi connectivity index (χ1v) is 14.5. The van der Waals surface area contributed by atoms with Gasteiger partial charge in [-0.25, -0.2) is 4.79 Å². The number of esters is 1. The molecule has 4 aromatic carbocycles. The number of hydrogen-bond acceptors (Lipinski definition) is 6. The van der Waals surface area contributed by atoms with Crippen molar-refractivity contribution < 1.29 is 29.0 Å². The van der Waals surface area contributed by atoms with Crippen molar-refractivity contribution in [2.75, 3.05) is 0 Å². The fourth-order valence-electron chi connectivity index (χ4n) is 5.30. The van der Waals surface area contributed by atoms with Crippen LogP contribution in [0.4, 0.5) is 0 Å². The number of likely N-dealkylation sites (tertiary alicyclic amines) is 1. The van der Waals surface area contributed by atoms with Crippen molar-refractivity contribution in [3.05, 3.63) is 142 Å². The van der Waals surface area contributed by atoms with Crippen LogP contribution in [0.15, 0.2) is 103 Å². The first-order chi connectivity index (χ1) is 21.1. The molecule has 0 saturated carbocycles. The Morgan fingerprint density at radius 1 is 0.841 bits per heavy atom. The summed E-state index contributed by atoms with van der Waals surface area (Å²) in [6.07, 6.45) is -0.245. The van der Waals surface area contributed by atoms with E-state index in [0.717, 1.165) is 22.3 Å². The minimum Gasteiger partial charge on any atom is -0.507 e. The summed E-state index contributed by atoms with van der Waals surface area (Å²) in [5.74, 6) is -1.49. The summed E-state index contributed by atoms with van der Waals surface area (Å²) in [5, 5.41) is 11.6. The maximum absolute atomic E-state index is 13.6. The molecular formula is C37H35NO6. The van der Waals surface area contributed by atoms with Crippen molar-refractivity contribution in [3.63, 3.8) is 0 Å². The van der Waals surface area contributed by atoms with Crippen LogP contribution in [0.25, 0.3) is 5.76 Å². The molecule has 0 bridgehead atoms. The molecule has 1 N–H and O–H groups in total. The van der Waals surface area contributed by atoms with E-state index < -0.39 is 23.7 Å². The second-order valence-electron chi connectivity index (χ2n) is 11.2. The number of ketones is 1. The van der Waals surface area contributed by atoms with E-state index in [1.54, 1.807) is 56.3 Å². The van der Waals surface area contributed by atoms with E-state index in [4.69, 9.17) is 9.47 Å². The molecule has 1 aliphatic heterocycles. The number of carbonyl (C=O) groups is 3. The lowest BCUT2D eigenvalue weighted by atomic mass is 9.94. The second-order valence-corrected chi connectivity index (χ2v) is 11.2. The third kappa shape index (κ3) is 6.57. The standard InChI is InChI=1S/C37H35NO6/c1-23(2)44-37(42)28-15-13-26(14-16-28)21-38-33(29-12-8-9-24(3)19-29)32(35(40)36(38)41)34(39)30-17-18-31(25(4)20-30)43-22-27-10-6-5-7-11-27/h5-20,23,33,39H,21-22H2,1-4H3/b34-32-. The monoisotopic (exact) mass is 589 g/mol. The van der Waals surface area contributed by atoms with Crippen molar-refractivity contribution in [1.29, 1.82) is 0 Å². The zero-order valence-electron chi connectivity index (χ0n) is 25.2. The van der Waals surface area contributed by atoms with E-state index in [0.29, 0.717) is 29.0 Å². The van der Waals surface area contributed by atoms with Crippen molar-refractivity contribution in [3.8, 4) is 5.75 Å². The Bertz CT molecular complexity index is 1720. The number of ether oxygens (including phenoxy) is 2. The summed E-state index contributed by atoms with van der Waals surface area (Å²) in [5.41, 5.74) is 5.03. The topological polar surface area (TPSA) is 93.1 Å². The molecular weight excluding hydrogens is 554 g/mol. The molecule has 0 aliphatic carbocycles. The fraction of sp³-hybridized carbons (Fsp3) is 0.216. The predicted molar refractivity (Wildman–Crippen MR) is 168 cm³/mol. The van der Waals surface area contributed by atoms with Crippen LogP contribution in [0.1, 0.15) is 63.6 Å². The summed E-state index contributed by atoms with van der Waals surface area (Å²) >= 11 is 0. The predicted octanol–water partition coefficient (Wildman–Crippen LogP) is 7.07. The van der Waals surface area contributed by atoms with Crippen LogP contribution in [0.2, 0.25) is 0 Å². The van der Waals surface area contributed by atoms with Crippen molar-refractivity contribution in [2.45, 2.75) is 53.0 Å². The molecule has 4 aromatic rings. The van der Waals surface area contributed by atoms with Crippen LogP contribution in [-0.4, -0.2) is 33.8 Å². The molecule has 1 aliphatic rings. The highest BCUT2D eigenvalue weighted by Crippen LogP contribution is 2.41. The lowest BCUT2D eigenvalue weighted by molar-refractivity contribution is -0.140. The van der Waals surface area contributed by atoms with Gasteiger partial charge in [-0.15, -0.1) is 0 Å². The lowest BCUT2D eigenvalue weighted by Gasteiger charge is -2.26. The SMILES string of the molecule is Cc1cccc(C2/C(=C(/O)c3ccc(OCc4ccccc4)c(C)c3)C(=O)C(=O)N2Cc2ccc(C(=O)OC(C)C)cc2)c1. The van der Waals surface area contributed by atoms with Crippen LogP contribution in [0, 0.1) is 13.8 Å².